The summed E-state index contributed by atoms with van der Waals surface area (Å²) in [7, 11) is 0. The van der Waals surface area contributed by atoms with Gasteiger partial charge in [0, 0.05) is 30.6 Å². The average molecular weight is 435 g/mol. The van der Waals surface area contributed by atoms with E-state index in [2.05, 4.69) is 21.9 Å². The van der Waals surface area contributed by atoms with Crippen LogP contribution in [0, 0.1) is 11.8 Å². The number of rotatable bonds is 4. The summed E-state index contributed by atoms with van der Waals surface area (Å²) in [5, 5.41) is 4.56. The lowest BCUT2D eigenvalue weighted by Crippen LogP contribution is -2.49. The van der Waals surface area contributed by atoms with Crippen molar-refractivity contribution >= 4 is 0 Å². The molecule has 3 atom stereocenters. The number of pyridine rings is 1. The van der Waals surface area contributed by atoms with Gasteiger partial charge in [-0.25, -0.2) is 14.6 Å². The van der Waals surface area contributed by atoms with Gasteiger partial charge in [0.2, 0.25) is 0 Å². The summed E-state index contributed by atoms with van der Waals surface area (Å²) in [5.74, 6) is 2.65. The molecule has 2 saturated carbocycles. The maximum atomic E-state index is 13.1. The first-order valence-corrected chi connectivity index (χ1v) is 11.1. The van der Waals surface area contributed by atoms with E-state index in [1.807, 2.05) is 18.5 Å². The molecule has 0 radical (unpaired) electrons. The van der Waals surface area contributed by atoms with Crippen LogP contribution >= 0.6 is 0 Å². The average Bonchev–Trinajstić information content (AvgIpc) is 3.09. The predicted molar refractivity (Wildman–Crippen MR) is 108 cm³/mol. The number of nitrogens with zero attached hydrogens (tertiary/aromatic N) is 5. The van der Waals surface area contributed by atoms with Crippen molar-refractivity contribution in [2.45, 2.75) is 63.8 Å². The molecule has 0 amide bonds. The van der Waals surface area contributed by atoms with Crippen molar-refractivity contribution in [3.63, 3.8) is 0 Å². The SMILES string of the molecule is CC(C)n1nc(-c2cccc(C(F)(F)F)n2)nc1C1[C@@H]2CC(N3CCOC[C@H]3C)C[C@@H]12. The van der Waals surface area contributed by atoms with Crippen molar-refractivity contribution < 1.29 is 17.9 Å². The first-order chi connectivity index (χ1) is 14.7. The third-order valence-corrected chi connectivity index (χ3v) is 7.02. The lowest BCUT2D eigenvalue weighted by atomic mass is 10.0. The standard InChI is InChI=1S/C22H28F3N5O/c1-12(2)30-21(27-20(28-30)17-5-4-6-18(26-17)22(23,24)25)19-15-9-14(10-16(15)19)29-7-8-31-11-13(29)3/h4-6,12-16,19H,7-11H2,1-3H3/t13-,14?,15-,16-,19?/m1/s1. The smallest absolute Gasteiger partial charge is 0.379 e. The molecule has 1 aliphatic heterocycles. The number of aromatic nitrogens is 4. The highest BCUT2D eigenvalue weighted by Gasteiger charge is 2.59. The molecule has 2 aromatic heterocycles. The van der Waals surface area contributed by atoms with Gasteiger partial charge in [-0.05, 0) is 57.6 Å². The second-order valence-electron chi connectivity index (χ2n) is 9.38. The van der Waals surface area contributed by atoms with E-state index in [-0.39, 0.29) is 17.6 Å². The molecule has 2 aliphatic carbocycles. The fourth-order valence-corrected chi connectivity index (χ4v) is 5.52. The Morgan fingerprint density at radius 2 is 1.87 bits per heavy atom. The zero-order valence-corrected chi connectivity index (χ0v) is 18.0. The van der Waals surface area contributed by atoms with Gasteiger partial charge in [-0.15, -0.1) is 5.10 Å². The highest BCUT2D eigenvalue weighted by Crippen LogP contribution is 2.63. The highest BCUT2D eigenvalue weighted by molar-refractivity contribution is 5.49. The van der Waals surface area contributed by atoms with Gasteiger partial charge in [-0.1, -0.05) is 6.07 Å². The zero-order chi connectivity index (χ0) is 21.9. The molecule has 0 unspecified atom stereocenters. The van der Waals surface area contributed by atoms with Crippen molar-refractivity contribution in [2.24, 2.45) is 11.8 Å². The molecule has 0 bridgehead atoms. The van der Waals surface area contributed by atoms with Crippen LogP contribution in [-0.4, -0.2) is 56.5 Å². The molecule has 2 aromatic rings. The summed E-state index contributed by atoms with van der Waals surface area (Å²) in [6.07, 6.45) is -2.21. The minimum absolute atomic E-state index is 0.0819. The fraction of sp³-hybridized carbons (Fsp3) is 0.682. The van der Waals surface area contributed by atoms with E-state index >= 15 is 0 Å². The molecule has 6 nitrogen and oxygen atoms in total. The van der Waals surface area contributed by atoms with Crippen LogP contribution in [0.1, 0.15) is 57.1 Å². The molecule has 31 heavy (non-hydrogen) atoms. The number of hydrogen-bond donors (Lipinski definition) is 0. The van der Waals surface area contributed by atoms with Crippen LogP contribution in [0.5, 0.6) is 0 Å². The van der Waals surface area contributed by atoms with Gasteiger partial charge in [0.15, 0.2) is 5.82 Å². The van der Waals surface area contributed by atoms with E-state index in [1.54, 1.807) is 6.07 Å². The number of alkyl halides is 3. The Balaban J connectivity index is 1.37. The maximum absolute atomic E-state index is 13.1. The van der Waals surface area contributed by atoms with Crippen LogP contribution in [0.15, 0.2) is 18.2 Å². The number of ether oxygens (including phenoxy) is 1. The van der Waals surface area contributed by atoms with Gasteiger partial charge in [-0.3, -0.25) is 4.90 Å². The van der Waals surface area contributed by atoms with Crippen molar-refractivity contribution in [2.75, 3.05) is 19.8 Å². The Morgan fingerprint density at radius 3 is 2.52 bits per heavy atom. The Kier molecular flexibility index (Phi) is 5.08. The third kappa shape index (κ3) is 3.75. The Hall–Kier alpha value is -2.00. The van der Waals surface area contributed by atoms with Crippen molar-refractivity contribution in [3.05, 3.63) is 29.7 Å². The van der Waals surface area contributed by atoms with Crippen molar-refractivity contribution in [1.82, 2.24) is 24.6 Å². The van der Waals surface area contributed by atoms with Gasteiger partial charge in [0.1, 0.15) is 17.2 Å². The largest absolute Gasteiger partial charge is 0.433 e. The molecule has 3 aliphatic rings. The summed E-state index contributed by atoms with van der Waals surface area (Å²) in [4.78, 5) is 11.1. The number of hydrogen-bond acceptors (Lipinski definition) is 5. The maximum Gasteiger partial charge on any atom is 0.433 e. The number of halogens is 3. The van der Waals surface area contributed by atoms with E-state index in [9.17, 15) is 13.2 Å². The van der Waals surface area contributed by atoms with Gasteiger partial charge < -0.3 is 4.74 Å². The fourth-order valence-electron chi connectivity index (χ4n) is 5.52. The third-order valence-electron chi connectivity index (χ3n) is 7.02. The Morgan fingerprint density at radius 1 is 1.13 bits per heavy atom. The topological polar surface area (TPSA) is 56.1 Å². The van der Waals surface area contributed by atoms with Crippen LogP contribution in [0.4, 0.5) is 13.2 Å². The molecular formula is C22H28F3N5O. The van der Waals surface area contributed by atoms with E-state index in [4.69, 9.17) is 9.72 Å². The Labute approximate surface area is 179 Å². The number of fused-ring (bicyclic) bond motifs is 1. The summed E-state index contributed by atoms with van der Waals surface area (Å²) in [6, 6.07) is 5.00. The van der Waals surface area contributed by atoms with E-state index in [0.29, 0.717) is 29.8 Å². The van der Waals surface area contributed by atoms with Crippen LogP contribution in [-0.2, 0) is 10.9 Å². The highest BCUT2D eigenvalue weighted by atomic mass is 19.4. The minimum atomic E-state index is -4.49. The van der Waals surface area contributed by atoms with E-state index < -0.39 is 11.9 Å². The molecule has 0 N–H and O–H groups in total. The van der Waals surface area contributed by atoms with E-state index in [1.165, 1.54) is 6.07 Å². The quantitative estimate of drug-likeness (QED) is 0.722. The molecule has 0 spiro atoms. The molecule has 0 aromatic carbocycles. The molecule has 3 fully saturated rings. The second kappa shape index (κ2) is 7.55. The molecular weight excluding hydrogens is 407 g/mol. The predicted octanol–water partition coefficient (Wildman–Crippen LogP) is 4.15. The lowest BCUT2D eigenvalue weighted by Gasteiger charge is -2.38. The van der Waals surface area contributed by atoms with Crippen molar-refractivity contribution in [1.29, 1.82) is 0 Å². The van der Waals surface area contributed by atoms with Crippen LogP contribution in [0.3, 0.4) is 0 Å². The molecule has 9 heteroatoms. The number of morpholine rings is 1. The van der Waals surface area contributed by atoms with Crippen molar-refractivity contribution in [3.8, 4) is 11.5 Å². The minimum Gasteiger partial charge on any atom is -0.379 e. The normalized spacial score (nSPS) is 29.5. The summed E-state index contributed by atoms with van der Waals surface area (Å²) in [5.41, 5.74) is -0.750. The Bertz CT molecular complexity index is 947. The van der Waals surface area contributed by atoms with Crippen LogP contribution in [0.25, 0.3) is 11.5 Å². The van der Waals surface area contributed by atoms with Crippen LogP contribution < -0.4 is 0 Å². The lowest BCUT2D eigenvalue weighted by molar-refractivity contribution is -0.141. The monoisotopic (exact) mass is 435 g/mol. The van der Waals surface area contributed by atoms with Gasteiger partial charge >= 0.3 is 6.18 Å². The van der Waals surface area contributed by atoms with Crippen LogP contribution in [0.2, 0.25) is 0 Å². The molecule has 5 rings (SSSR count). The first kappa shape index (κ1) is 20.9. The summed E-state index contributed by atoms with van der Waals surface area (Å²) in [6.45, 7) is 8.86. The zero-order valence-electron chi connectivity index (χ0n) is 18.0. The summed E-state index contributed by atoms with van der Waals surface area (Å²) < 4.78 is 46.7. The van der Waals surface area contributed by atoms with Gasteiger partial charge in [-0.2, -0.15) is 13.2 Å². The summed E-state index contributed by atoms with van der Waals surface area (Å²) >= 11 is 0. The first-order valence-electron chi connectivity index (χ1n) is 11.1. The molecule has 3 heterocycles. The molecule has 1 saturated heterocycles. The van der Waals surface area contributed by atoms with E-state index in [0.717, 1.165) is 44.5 Å². The molecule has 168 valence electrons. The second-order valence-corrected chi connectivity index (χ2v) is 9.38. The van der Waals surface area contributed by atoms with Gasteiger partial charge in [0.05, 0.1) is 13.2 Å². The van der Waals surface area contributed by atoms with Gasteiger partial charge in [0.25, 0.3) is 0 Å².